The standard InChI is InChI=1S/C20H31N3O/c1-6-7-11-14-21-20(15-17(2)22-16-23(4)5)18(3)24-19-12-9-8-10-13-19/h8-10,12-13,15-16,21H,6-7,11,14H2,1-5H3/b17-15+,20-18-,22-16?. The van der Waals surface area contributed by atoms with E-state index in [9.17, 15) is 0 Å². The minimum absolute atomic E-state index is 0.839. The van der Waals surface area contributed by atoms with Crippen molar-refractivity contribution < 1.29 is 4.74 Å². The molecule has 1 aromatic carbocycles. The molecule has 4 nitrogen and oxygen atoms in total. The average Bonchev–Trinajstić information content (AvgIpc) is 2.56. The van der Waals surface area contributed by atoms with Crippen LogP contribution in [-0.2, 0) is 0 Å². The van der Waals surface area contributed by atoms with Crippen molar-refractivity contribution in [2.24, 2.45) is 4.99 Å². The molecule has 0 unspecified atom stereocenters. The van der Waals surface area contributed by atoms with Gasteiger partial charge in [-0.15, -0.1) is 0 Å². The second-order valence-corrected chi connectivity index (χ2v) is 6.01. The number of nitrogens with zero attached hydrogens (tertiary/aromatic N) is 2. The summed E-state index contributed by atoms with van der Waals surface area (Å²) < 4.78 is 5.97. The van der Waals surface area contributed by atoms with Crippen molar-refractivity contribution in [2.75, 3.05) is 20.6 Å². The van der Waals surface area contributed by atoms with Crippen LogP contribution in [0.4, 0.5) is 0 Å². The van der Waals surface area contributed by atoms with E-state index in [1.165, 1.54) is 12.8 Å². The number of nitrogens with one attached hydrogen (secondary N) is 1. The van der Waals surface area contributed by atoms with Crippen LogP contribution in [0, 0.1) is 0 Å². The number of benzene rings is 1. The predicted molar refractivity (Wildman–Crippen MR) is 103 cm³/mol. The second-order valence-electron chi connectivity index (χ2n) is 6.01. The van der Waals surface area contributed by atoms with Gasteiger partial charge < -0.3 is 15.0 Å². The van der Waals surface area contributed by atoms with Crippen LogP contribution < -0.4 is 10.1 Å². The third-order valence-corrected chi connectivity index (χ3v) is 3.33. The van der Waals surface area contributed by atoms with Crippen molar-refractivity contribution in [1.82, 2.24) is 10.2 Å². The Morgan fingerprint density at radius 2 is 1.88 bits per heavy atom. The van der Waals surface area contributed by atoms with Gasteiger partial charge >= 0.3 is 0 Å². The second kappa shape index (κ2) is 11.3. The van der Waals surface area contributed by atoms with E-state index in [1.807, 2.05) is 69.3 Å². The van der Waals surface area contributed by atoms with Gasteiger partial charge in [-0.05, 0) is 38.5 Å². The maximum atomic E-state index is 5.97. The molecule has 0 spiro atoms. The Morgan fingerprint density at radius 1 is 1.17 bits per heavy atom. The first-order valence-electron chi connectivity index (χ1n) is 8.59. The Labute approximate surface area is 146 Å². The van der Waals surface area contributed by atoms with Gasteiger partial charge in [0.25, 0.3) is 0 Å². The molecule has 0 saturated carbocycles. The zero-order chi connectivity index (χ0) is 17.8. The number of hydrogen-bond donors (Lipinski definition) is 1. The third kappa shape index (κ3) is 8.42. The number of hydrogen-bond acceptors (Lipinski definition) is 3. The maximum absolute atomic E-state index is 5.97. The van der Waals surface area contributed by atoms with Crippen molar-refractivity contribution >= 4 is 6.34 Å². The van der Waals surface area contributed by atoms with Gasteiger partial charge in [0.1, 0.15) is 11.5 Å². The van der Waals surface area contributed by atoms with Crippen molar-refractivity contribution in [3.05, 3.63) is 53.6 Å². The summed E-state index contributed by atoms with van der Waals surface area (Å²) >= 11 is 0. The van der Waals surface area contributed by atoms with Crippen molar-refractivity contribution in [1.29, 1.82) is 0 Å². The van der Waals surface area contributed by atoms with Crippen LogP contribution in [0.15, 0.2) is 58.6 Å². The number of para-hydroxylation sites is 1. The summed E-state index contributed by atoms with van der Waals surface area (Å²) in [5.41, 5.74) is 1.90. The van der Waals surface area contributed by atoms with E-state index in [4.69, 9.17) is 4.74 Å². The topological polar surface area (TPSA) is 36.9 Å². The van der Waals surface area contributed by atoms with Gasteiger partial charge in [0.15, 0.2) is 0 Å². The van der Waals surface area contributed by atoms with Crippen LogP contribution in [0.1, 0.15) is 40.0 Å². The van der Waals surface area contributed by atoms with Crippen LogP contribution >= 0.6 is 0 Å². The molecule has 0 saturated heterocycles. The minimum Gasteiger partial charge on any atom is -0.460 e. The zero-order valence-corrected chi connectivity index (χ0v) is 15.7. The van der Waals surface area contributed by atoms with E-state index in [2.05, 4.69) is 17.2 Å². The van der Waals surface area contributed by atoms with Crippen LogP contribution in [-0.4, -0.2) is 31.9 Å². The normalized spacial score (nSPS) is 13.0. The lowest BCUT2D eigenvalue weighted by Crippen LogP contribution is -2.17. The Bertz CT molecular complexity index is 560. The van der Waals surface area contributed by atoms with Gasteiger partial charge in [-0.25, -0.2) is 4.99 Å². The van der Waals surface area contributed by atoms with E-state index in [0.29, 0.717) is 0 Å². The Balaban J connectivity index is 2.89. The number of allylic oxidation sites excluding steroid dienone is 3. The van der Waals surface area contributed by atoms with E-state index in [0.717, 1.165) is 35.9 Å². The molecule has 0 aromatic heterocycles. The first kappa shape index (κ1) is 19.8. The van der Waals surface area contributed by atoms with Crippen molar-refractivity contribution in [2.45, 2.75) is 40.0 Å². The first-order chi connectivity index (χ1) is 11.5. The highest BCUT2D eigenvalue weighted by Crippen LogP contribution is 2.15. The molecule has 0 bridgehead atoms. The van der Waals surface area contributed by atoms with Gasteiger partial charge in [0.2, 0.25) is 0 Å². The van der Waals surface area contributed by atoms with Crippen LogP contribution in [0.5, 0.6) is 5.75 Å². The smallest absolute Gasteiger partial charge is 0.127 e. The number of ether oxygens (including phenoxy) is 1. The highest BCUT2D eigenvalue weighted by Gasteiger charge is 2.03. The molecule has 0 aliphatic heterocycles. The van der Waals surface area contributed by atoms with E-state index >= 15 is 0 Å². The maximum Gasteiger partial charge on any atom is 0.127 e. The molecule has 1 N–H and O–H groups in total. The van der Waals surface area contributed by atoms with Gasteiger partial charge in [0, 0.05) is 26.3 Å². The summed E-state index contributed by atoms with van der Waals surface area (Å²) in [7, 11) is 3.92. The summed E-state index contributed by atoms with van der Waals surface area (Å²) in [6.07, 6.45) is 7.41. The molecule has 24 heavy (non-hydrogen) atoms. The molecule has 132 valence electrons. The number of unbranched alkanes of at least 4 members (excludes halogenated alkanes) is 2. The van der Waals surface area contributed by atoms with Gasteiger partial charge in [-0.1, -0.05) is 38.0 Å². The molecular formula is C20H31N3O. The predicted octanol–water partition coefficient (Wildman–Crippen LogP) is 4.57. The Hall–Kier alpha value is -2.23. The van der Waals surface area contributed by atoms with Gasteiger partial charge in [0.05, 0.1) is 12.0 Å². The van der Waals surface area contributed by atoms with Gasteiger partial charge in [-0.3, -0.25) is 0 Å². The molecule has 0 aliphatic rings. The van der Waals surface area contributed by atoms with E-state index in [1.54, 1.807) is 6.34 Å². The highest BCUT2D eigenvalue weighted by molar-refractivity contribution is 5.55. The van der Waals surface area contributed by atoms with Gasteiger partial charge in [-0.2, -0.15) is 0 Å². The molecule has 1 rings (SSSR count). The summed E-state index contributed by atoms with van der Waals surface area (Å²) in [5, 5.41) is 3.48. The summed E-state index contributed by atoms with van der Waals surface area (Å²) in [6.45, 7) is 7.11. The monoisotopic (exact) mass is 329 g/mol. The molecule has 0 amide bonds. The summed E-state index contributed by atoms with van der Waals surface area (Å²) in [4.78, 5) is 6.35. The lowest BCUT2D eigenvalue weighted by atomic mass is 10.2. The number of aliphatic imine (C=N–C) groups is 1. The molecule has 1 aromatic rings. The summed E-state index contributed by atoms with van der Waals surface area (Å²) in [5.74, 6) is 1.68. The lowest BCUT2D eigenvalue weighted by Gasteiger charge is -2.13. The van der Waals surface area contributed by atoms with Crippen molar-refractivity contribution in [3.8, 4) is 5.75 Å². The third-order valence-electron chi connectivity index (χ3n) is 3.33. The molecule has 0 radical (unpaired) electrons. The molecule has 4 heteroatoms. The first-order valence-corrected chi connectivity index (χ1v) is 8.59. The van der Waals surface area contributed by atoms with Crippen LogP contribution in [0.25, 0.3) is 0 Å². The fourth-order valence-corrected chi connectivity index (χ4v) is 2.05. The average molecular weight is 329 g/mol. The molecule has 0 atom stereocenters. The van der Waals surface area contributed by atoms with Crippen LogP contribution in [0.2, 0.25) is 0 Å². The lowest BCUT2D eigenvalue weighted by molar-refractivity contribution is 0.417. The molecule has 0 aliphatic carbocycles. The summed E-state index contributed by atoms with van der Waals surface area (Å²) in [6, 6.07) is 9.84. The Morgan fingerprint density at radius 3 is 2.50 bits per heavy atom. The van der Waals surface area contributed by atoms with Crippen LogP contribution in [0.3, 0.4) is 0 Å². The van der Waals surface area contributed by atoms with Crippen molar-refractivity contribution in [3.63, 3.8) is 0 Å². The minimum atomic E-state index is 0.839. The Kier molecular flexibility index (Phi) is 9.35. The molecule has 0 fully saturated rings. The highest BCUT2D eigenvalue weighted by atomic mass is 16.5. The number of rotatable bonds is 10. The molecule has 0 heterocycles. The van der Waals surface area contributed by atoms with E-state index in [-0.39, 0.29) is 0 Å². The quantitative estimate of drug-likeness (QED) is 0.225. The fourth-order valence-electron chi connectivity index (χ4n) is 2.05. The van der Waals surface area contributed by atoms with E-state index < -0.39 is 0 Å². The largest absolute Gasteiger partial charge is 0.460 e. The zero-order valence-electron chi connectivity index (χ0n) is 15.7. The SMILES string of the molecule is CCCCCNC(/C=C(\C)N=CN(C)C)=C(/C)Oc1ccccc1. The fraction of sp³-hybridized carbons (Fsp3) is 0.450. The molecular weight excluding hydrogens is 298 g/mol.